The highest BCUT2D eigenvalue weighted by atomic mass is 79.9. The van der Waals surface area contributed by atoms with E-state index >= 15 is 0 Å². The van der Waals surface area contributed by atoms with Gasteiger partial charge < -0.3 is 4.74 Å². The minimum Gasteiger partial charge on any atom is -0.496 e. The number of fused-ring (bicyclic) bond motifs is 2. The number of ether oxygens (including phenoxy) is 1. The van der Waals surface area contributed by atoms with Gasteiger partial charge in [0.15, 0.2) is 0 Å². The smallest absolute Gasteiger partial charge is 0.264 e. The summed E-state index contributed by atoms with van der Waals surface area (Å²) in [6.07, 6.45) is 2.45. The fraction of sp³-hybridized carbons (Fsp3) is 0.200. The lowest BCUT2D eigenvalue weighted by atomic mass is 10.00. The van der Waals surface area contributed by atoms with E-state index in [1.165, 1.54) is 25.4 Å². The molecule has 1 N–H and O–H groups in total. The van der Waals surface area contributed by atoms with Gasteiger partial charge in [-0.05, 0) is 54.8 Å². The van der Waals surface area contributed by atoms with E-state index in [0.717, 1.165) is 22.2 Å². The molecule has 1 atom stereocenters. The summed E-state index contributed by atoms with van der Waals surface area (Å²) in [7, 11) is -2.73. The van der Waals surface area contributed by atoms with Crippen LogP contribution in [0, 0.1) is 5.82 Å². The van der Waals surface area contributed by atoms with Crippen LogP contribution in [0.25, 0.3) is 10.9 Å². The number of rotatable bonds is 4. The molecule has 0 aliphatic heterocycles. The first kappa shape index (κ1) is 19.8. The Bertz CT molecular complexity index is 1250. The largest absolute Gasteiger partial charge is 0.496 e. The maximum atomic E-state index is 14.0. The molecule has 2 aromatic carbocycles. The monoisotopic (exact) mass is 478 g/mol. The van der Waals surface area contributed by atoms with Crippen LogP contribution in [-0.2, 0) is 21.2 Å². The van der Waals surface area contributed by atoms with Crippen molar-refractivity contribution in [1.29, 1.82) is 0 Å². The lowest BCUT2D eigenvalue weighted by Crippen LogP contribution is -2.34. The third-order valence-electron chi connectivity index (χ3n) is 5.03. The molecule has 6 nitrogen and oxygen atoms in total. The van der Waals surface area contributed by atoms with E-state index in [1.807, 2.05) is 6.07 Å². The second kappa shape index (κ2) is 7.38. The average Bonchev–Trinajstić information content (AvgIpc) is 3.15. The maximum Gasteiger partial charge on any atom is 0.264 e. The van der Waals surface area contributed by atoms with E-state index < -0.39 is 27.7 Å². The Morgan fingerprint density at radius 3 is 2.83 bits per heavy atom. The third-order valence-corrected chi connectivity index (χ3v) is 7.18. The van der Waals surface area contributed by atoms with Crippen molar-refractivity contribution >= 4 is 42.8 Å². The molecule has 1 aromatic heterocycles. The van der Waals surface area contributed by atoms with Crippen LogP contribution in [-0.4, -0.2) is 26.4 Å². The molecule has 0 saturated heterocycles. The van der Waals surface area contributed by atoms with Gasteiger partial charge in [-0.25, -0.2) is 17.5 Å². The Hall–Kier alpha value is -2.52. The van der Waals surface area contributed by atoms with Crippen molar-refractivity contribution in [1.82, 2.24) is 9.71 Å². The Morgan fingerprint density at radius 2 is 2.07 bits per heavy atom. The molecule has 1 aliphatic carbocycles. The van der Waals surface area contributed by atoms with Crippen LogP contribution in [0.4, 0.5) is 4.39 Å². The second-order valence-corrected chi connectivity index (χ2v) is 9.15. The molecule has 0 radical (unpaired) electrons. The Labute approximate surface area is 175 Å². The summed E-state index contributed by atoms with van der Waals surface area (Å²) in [6, 6.07) is 8.70. The molecule has 1 aliphatic rings. The lowest BCUT2D eigenvalue weighted by molar-refractivity contribution is -0.120. The molecule has 150 valence electrons. The number of halogens is 2. The van der Waals surface area contributed by atoms with E-state index in [1.54, 1.807) is 6.07 Å². The number of carbonyl (C=O) groups excluding carboxylic acids is 1. The molecule has 29 heavy (non-hydrogen) atoms. The van der Waals surface area contributed by atoms with Gasteiger partial charge in [-0.1, -0.05) is 15.9 Å². The highest BCUT2D eigenvalue weighted by molar-refractivity contribution is 9.10. The molecule has 1 amide bonds. The van der Waals surface area contributed by atoms with Crippen molar-refractivity contribution in [3.8, 4) is 5.75 Å². The summed E-state index contributed by atoms with van der Waals surface area (Å²) >= 11 is 3.47. The SMILES string of the molecule is COc1ccc(Br)c2c1C(C(=O)NS(=O)(=O)c1ccc(F)c3ncccc13)CC2. The zero-order valence-electron chi connectivity index (χ0n) is 15.3. The number of nitrogens with one attached hydrogen (secondary N) is 1. The summed E-state index contributed by atoms with van der Waals surface area (Å²) in [4.78, 5) is 16.6. The molecule has 0 bridgehead atoms. The Kier molecular flexibility index (Phi) is 5.04. The van der Waals surface area contributed by atoms with Crippen molar-refractivity contribution in [2.24, 2.45) is 0 Å². The number of nitrogens with zero attached hydrogens (tertiary/aromatic N) is 1. The van der Waals surface area contributed by atoms with E-state index in [-0.39, 0.29) is 15.8 Å². The van der Waals surface area contributed by atoms with Crippen LogP contribution >= 0.6 is 15.9 Å². The number of hydrogen-bond acceptors (Lipinski definition) is 5. The second-order valence-electron chi connectivity index (χ2n) is 6.65. The fourth-order valence-electron chi connectivity index (χ4n) is 3.73. The summed E-state index contributed by atoms with van der Waals surface area (Å²) in [6.45, 7) is 0. The predicted octanol–water partition coefficient (Wildman–Crippen LogP) is 3.68. The first-order valence-electron chi connectivity index (χ1n) is 8.78. The standard InChI is InChI=1S/C20H16BrFN2O4S/c1-28-16-8-6-14(21)11-4-5-13(18(11)16)20(25)24-29(26,27)17-9-7-15(22)19-12(17)3-2-10-23-19/h2-3,6-10,13H,4-5H2,1H3,(H,24,25). The highest BCUT2D eigenvalue weighted by Crippen LogP contribution is 2.43. The first-order valence-corrected chi connectivity index (χ1v) is 11.1. The van der Waals surface area contributed by atoms with Gasteiger partial charge in [0.1, 0.15) is 17.1 Å². The zero-order valence-corrected chi connectivity index (χ0v) is 17.7. The molecule has 4 rings (SSSR count). The lowest BCUT2D eigenvalue weighted by Gasteiger charge is -2.16. The fourth-order valence-corrected chi connectivity index (χ4v) is 5.49. The van der Waals surface area contributed by atoms with Gasteiger partial charge in [-0.3, -0.25) is 9.78 Å². The molecular weight excluding hydrogens is 463 g/mol. The van der Waals surface area contributed by atoms with Crippen molar-refractivity contribution in [2.45, 2.75) is 23.7 Å². The van der Waals surface area contributed by atoms with Gasteiger partial charge in [0.25, 0.3) is 10.0 Å². The summed E-state index contributed by atoms with van der Waals surface area (Å²) in [5, 5.41) is 0.111. The van der Waals surface area contributed by atoms with Gasteiger partial charge in [-0.2, -0.15) is 0 Å². The number of amides is 1. The van der Waals surface area contributed by atoms with Crippen molar-refractivity contribution in [3.63, 3.8) is 0 Å². The minimum atomic E-state index is -4.23. The molecule has 1 heterocycles. The van der Waals surface area contributed by atoms with Crippen LogP contribution in [0.3, 0.4) is 0 Å². The van der Waals surface area contributed by atoms with E-state index in [0.29, 0.717) is 24.2 Å². The van der Waals surface area contributed by atoms with Gasteiger partial charge in [-0.15, -0.1) is 0 Å². The van der Waals surface area contributed by atoms with Gasteiger partial charge in [0, 0.05) is 21.6 Å². The third kappa shape index (κ3) is 3.38. The number of hydrogen-bond donors (Lipinski definition) is 1. The van der Waals surface area contributed by atoms with Crippen LogP contribution in [0.1, 0.15) is 23.5 Å². The van der Waals surface area contributed by atoms with Crippen molar-refractivity contribution in [2.75, 3.05) is 7.11 Å². The van der Waals surface area contributed by atoms with E-state index in [9.17, 15) is 17.6 Å². The molecule has 9 heteroatoms. The Balaban J connectivity index is 1.71. The number of carbonyl (C=O) groups is 1. The average molecular weight is 479 g/mol. The summed E-state index contributed by atoms with van der Waals surface area (Å²) in [5.74, 6) is -1.42. The maximum absolute atomic E-state index is 14.0. The van der Waals surface area contributed by atoms with Crippen LogP contribution in [0.5, 0.6) is 5.75 Å². The van der Waals surface area contributed by atoms with E-state index in [2.05, 4.69) is 25.6 Å². The van der Waals surface area contributed by atoms with Gasteiger partial charge >= 0.3 is 0 Å². The minimum absolute atomic E-state index is 0.0698. The summed E-state index contributed by atoms with van der Waals surface area (Å²) in [5.41, 5.74) is 1.54. The number of sulfonamides is 1. The zero-order chi connectivity index (χ0) is 20.8. The molecule has 0 spiro atoms. The number of benzene rings is 2. The molecule has 3 aromatic rings. The predicted molar refractivity (Wildman–Crippen MR) is 109 cm³/mol. The number of methoxy groups -OCH3 is 1. The van der Waals surface area contributed by atoms with Crippen molar-refractivity contribution in [3.05, 3.63) is 64.0 Å². The molecule has 0 saturated carbocycles. The quantitative estimate of drug-likeness (QED) is 0.617. The topological polar surface area (TPSA) is 85.4 Å². The normalized spacial score (nSPS) is 15.9. The van der Waals surface area contributed by atoms with Crippen LogP contribution in [0.15, 0.2) is 52.0 Å². The summed E-state index contributed by atoms with van der Waals surface area (Å²) < 4.78 is 48.2. The van der Waals surface area contributed by atoms with Gasteiger partial charge in [0.2, 0.25) is 5.91 Å². The van der Waals surface area contributed by atoms with Crippen LogP contribution in [0.2, 0.25) is 0 Å². The van der Waals surface area contributed by atoms with Crippen LogP contribution < -0.4 is 9.46 Å². The van der Waals surface area contributed by atoms with Crippen molar-refractivity contribution < 1.29 is 22.3 Å². The van der Waals surface area contributed by atoms with Gasteiger partial charge in [0.05, 0.1) is 17.9 Å². The first-order chi connectivity index (χ1) is 13.8. The Morgan fingerprint density at radius 1 is 1.28 bits per heavy atom. The highest BCUT2D eigenvalue weighted by Gasteiger charge is 2.35. The molecule has 1 unspecified atom stereocenters. The number of aromatic nitrogens is 1. The molecular formula is C20H16BrFN2O4S. The molecule has 0 fully saturated rings. The number of pyridine rings is 1. The van der Waals surface area contributed by atoms with E-state index in [4.69, 9.17) is 4.74 Å².